The minimum Gasteiger partial charge on any atom is -0.490 e. The summed E-state index contributed by atoms with van der Waals surface area (Å²) >= 11 is 0. The second-order valence-corrected chi connectivity index (χ2v) is 8.16. The van der Waals surface area contributed by atoms with Gasteiger partial charge in [-0.05, 0) is 93.1 Å². The minimum absolute atomic E-state index is 0.159. The molecule has 0 heterocycles. The highest BCUT2D eigenvalue weighted by molar-refractivity contribution is 6.00. The molecule has 3 rings (SSSR count). The molecule has 1 saturated carbocycles. The van der Waals surface area contributed by atoms with Crippen LogP contribution in [0.5, 0.6) is 17.2 Å². The number of aryl methyl sites for hydroxylation is 2. The van der Waals surface area contributed by atoms with Gasteiger partial charge in [0.2, 0.25) is 0 Å². The fourth-order valence-corrected chi connectivity index (χ4v) is 4.05. The zero-order valence-corrected chi connectivity index (χ0v) is 19.9. The molecule has 0 spiro atoms. The van der Waals surface area contributed by atoms with Gasteiger partial charge in [-0.1, -0.05) is 24.2 Å². The molecule has 0 aromatic heterocycles. The summed E-state index contributed by atoms with van der Waals surface area (Å²) in [4.78, 5) is 4.93. The molecule has 1 aliphatic rings. The zero-order chi connectivity index (χ0) is 22.9. The van der Waals surface area contributed by atoms with Crippen molar-refractivity contribution in [2.24, 2.45) is 5.16 Å². The average Bonchev–Trinajstić information content (AvgIpc) is 3.22. The molecule has 5 nitrogen and oxygen atoms in total. The van der Waals surface area contributed by atoms with E-state index in [0.717, 1.165) is 65.3 Å². The average molecular weight is 438 g/mol. The predicted molar refractivity (Wildman–Crippen MR) is 129 cm³/mol. The van der Waals surface area contributed by atoms with Gasteiger partial charge in [0, 0.05) is 6.42 Å². The monoisotopic (exact) mass is 437 g/mol. The predicted octanol–water partition coefficient (Wildman–Crippen LogP) is 6.40. The summed E-state index contributed by atoms with van der Waals surface area (Å²) in [6, 6.07) is 12.2. The van der Waals surface area contributed by atoms with Gasteiger partial charge in [-0.25, -0.2) is 0 Å². The summed E-state index contributed by atoms with van der Waals surface area (Å²) in [6.45, 7) is 8.79. The number of hydrogen-bond donors (Lipinski definition) is 0. The Kier molecular flexibility index (Phi) is 8.60. The topological polar surface area (TPSA) is 49.3 Å². The molecular weight excluding hydrogens is 402 g/mol. The van der Waals surface area contributed by atoms with E-state index in [1.54, 1.807) is 7.11 Å². The maximum atomic E-state index is 6.40. The van der Waals surface area contributed by atoms with Crippen LogP contribution >= 0.6 is 0 Å². The second kappa shape index (κ2) is 11.6. The summed E-state index contributed by atoms with van der Waals surface area (Å²) in [7, 11) is 1.57. The molecule has 1 aliphatic carbocycles. The summed E-state index contributed by atoms with van der Waals surface area (Å²) in [5, 5.41) is 4.08. The fraction of sp³-hybridized carbons (Fsp3) is 0.444. The Bertz CT molecular complexity index is 910. The molecule has 0 aliphatic heterocycles. The van der Waals surface area contributed by atoms with Crippen LogP contribution in [0.3, 0.4) is 0 Å². The van der Waals surface area contributed by atoms with Crippen molar-refractivity contribution in [1.82, 2.24) is 0 Å². The van der Waals surface area contributed by atoms with E-state index in [-0.39, 0.29) is 12.2 Å². The number of nitrogens with zero attached hydrogens (tertiary/aromatic N) is 1. The van der Waals surface area contributed by atoms with E-state index in [9.17, 15) is 0 Å². The molecule has 2 atom stereocenters. The molecule has 0 radical (unpaired) electrons. The van der Waals surface area contributed by atoms with Crippen molar-refractivity contribution >= 4 is 5.71 Å². The van der Waals surface area contributed by atoms with Crippen molar-refractivity contribution in [3.05, 3.63) is 65.2 Å². The van der Waals surface area contributed by atoms with Gasteiger partial charge in [0.25, 0.3) is 0 Å². The van der Waals surface area contributed by atoms with Crippen LogP contribution in [0.15, 0.2) is 53.7 Å². The third-order valence-corrected chi connectivity index (χ3v) is 5.66. The first-order valence-electron chi connectivity index (χ1n) is 11.4. The lowest BCUT2D eigenvalue weighted by Crippen LogP contribution is -2.18. The van der Waals surface area contributed by atoms with Crippen LogP contribution in [-0.2, 0) is 4.84 Å². The van der Waals surface area contributed by atoms with E-state index in [0.29, 0.717) is 6.61 Å². The third kappa shape index (κ3) is 6.28. The van der Waals surface area contributed by atoms with Crippen molar-refractivity contribution in [2.75, 3.05) is 13.7 Å². The largest absolute Gasteiger partial charge is 0.490 e. The van der Waals surface area contributed by atoms with Crippen molar-refractivity contribution in [2.45, 2.75) is 65.6 Å². The first-order chi connectivity index (χ1) is 15.5. The second-order valence-electron chi connectivity index (χ2n) is 8.16. The normalized spacial score (nSPS) is 18.7. The zero-order valence-electron chi connectivity index (χ0n) is 19.9. The molecule has 0 amide bonds. The number of oxime groups is 1. The van der Waals surface area contributed by atoms with Crippen LogP contribution in [0, 0.1) is 13.8 Å². The first kappa shape index (κ1) is 23.7. The molecule has 5 heteroatoms. The van der Waals surface area contributed by atoms with Crippen LogP contribution in [0.25, 0.3) is 0 Å². The van der Waals surface area contributed by atoms with Crippen molar-refractivity contribution in [3.8, 4) is 17.2 Å². The van der Waals surface area contributed by atoms with E-state index in [2.05, 4.69) is 25.9 Å². The Morgan fingerprint density at radius 2 is 1.66 bits per heavy atom. The molecule has 1 fully saturated rings. The number of ether oxygens (including phenoxy) is 3. The maximum Gasteiger partial charge on any atom is 0.125 e. The lowest BCUT2D eigenvalue weighted by molar-refractivity contribution is 0.164. The quantitative estimate of drug-likeness (QED) is 0.245. The van der Waals surface area contributed by atoms with E-state index >= 15 is 0 Å². The third-order valence-electron chi connectivity index (χ3n) is 5.66. The number of rotatable bonds is 10. The van der Waals surface area contributed by atoms with Gasteiger partial charge in [-0.15, -0.1) is 0 Å². The van der Waals surface area contributed by atoms with Crippen LogP contribution in [-0.4, -0.2) is 31.6 Å². The Hall–Kier alpha value is -2.95. The molecule has 0 saturated heterocycles. The number of hydrogen-bond acceptors (Lipinski definition) is 5. The van der Waals surface area contributed by atoms with Gasteiger partial charge in [0.1, 0.15) is 43.2 Å². The summed E-state index contributed by atoms with van der Waals surface area (Å²) in [5.41, 5.74) is 4.19. The Balaban J connectivity index is 1.56. The standard InChI is InChI=1S/C27H35NO4/c1-6-8-15-30-25-16-19(3)27(20(4)17-25)32-24-14-13-23(18-24)31-22-11-9-21(10-12-22)26(7-2)28-29-5/h6,8-12,16-17,23-24H,7,13-15,18H2,1-5H3/b8-6+,28-26-. The molecule has 32 heavy (non-hydrogen) atoms. The lowest BCUT2D eigenvalue weighted by atomic mass is 10.1. The van der Waals surface area contributed by atoms with Crippen LogP contribution < -0.4 is 14.2 Å². The van der Waals surface area contributed by atoms with E-state index in [1.807, 2.05) is 55.5 Å². The minimum atomic E-state index is 0.159. The summed E-state index contributed by atoms with van der Waals surface area (Å²) in [6.07, 6.45) is 7.98. The SMILES string of the molecule is C/C=C/COc1cc(C)c(OC2CCC(Oc3ccc(/C(CC)=N\OC)cc3)C2)c(C)c1. The summed E-state index contributed by atoms with van der Waals surface area (Å²) in [5.74, 6) is 2.72. The highest BCUT2D eigenvalue weighted by Crippen LogP contribution is 2.33. The van der Waals surface area contributed by atoms with Gasteiger partial charge >= 0.3 is 0 Å². The van der Waals surface area contributed by atoms with Gasteiger partial charge in [-0.3, -0.25) is 0 Å². The van der Waals surface area contributed by atoms with Crippen molar-refractivity contribution in [3.63, 3.8) is 0 Å². The molecule has 172 valence electrons. The molecule has 0 N–H and O–H groups in total. The van der Waals surface area contributed by atoms with E-state index in [1.165, 1.54) is 0 Å². The van der Waals surface area contributed by atoms with E-state index < -0.39 is 0 Å². The lowest BCUT2D eigenvalue weighted by Gasteiger charge is -2.19. The molecule has 2 unspecified atom stereocenters. The number of benzene rings is 2. The molecule has 2 aromatic rings. The molecule has 0 bridgehead atoms. The van der Waals surface area contributed by atoms with E-state index in [4.69, 9.17) is 19.0 Å². The van der Waals surface area contributed by atoms with Crippen molar-refractivity contribution < 1.29 is 19.0 Å². The Morgan fingerprint density at radius 3 is 2.25 bits per heavy atom. The van der Waals surface area contributed by atoms with Crippen LogP contribution in [0.2, 0.25) is 0 Å². The Morgan fingerprint density at radius 1 is 1.00 bits per heavy atom. The van der Waals surface area contributed by atoms with Gasteiger partial charge < -0.3 is 19.0 Å². The first-order valence-corrected chi connectivity index (χ1v) is 11.4. The summed E-state index contributed by atoms with van der Waals surface area (Å²) < 4.78 is 18.4. The van der Waals surface area contributed by atoms with Crippen molar-refractivity contribution in [1.29, 1.82) is 0 Å². The molecular formula is C27H35NO4. The maximum absolute atomic E-state index is 6.40. The van der Waals surface area contributed by atoms with Gasteiger partial charge in [0.15, 0.2) is 0 Å². The van der Waals surface area contributed by atoms with Gasteiger partial charge in [-0.2, -0.15) is 0 Å². The smallest absolute Gasteiger partial charge is 0.125 e. The highest BCUT2D eigenvalue weighted by Gasteiger charge is 2.28. The number of allylic oxidation sites excluding steroid dienone is 1. The van der Waals surface area contributed by atoms with Crippen LogP contribution in [0.1, 0.15) is 56.2 Å². The fourth-order valence-electron chi connectivity index (χ4n) is 4.05. The van der Waals surface area contributed by atoms with Crippen LogP contribution in [0.4, 0.5) is 0 Å². The highest BCUT2D eigenvalue weighted by atomic mass is 16.6. The Labute approximate surface area is 192 Å². The van der Waals surface area contributed by atoms with Gasteiger partial charge in [0.05, 0.1) is 5.71 Å². The molecule has 2 aromatic carbocycles.